The van der Waals surface area contributed by atoms with Crippen molar-refractivity contribution in [3.63, 3.8) is 0 Å². The van der Waals surface area contributed by atoms with Gasteiger partial charge in [0.05, 0.1) is 16.2 Å². The molecule has 3 N–H and O–H groups in total. The largest absolute Gasteiger partial charge is 0.482 e. The number of carbonyl (C=O) groups is 2. The van der Waals surface area contributed by atoms with Crippen molar-refractivity contribution in [2.24, 2.45) is 0 Å². The second-order valence-electron chi connectivity index (χ2n) is 9.50. The van der Waals surface area contributed by atoms with Crippen molar-refractivity contribution < 1.29 is 24.5 Å². The number of hydrogen-bond acceptors (Lipinski definition) is 5. The lowest BCUT2D eigenvalue weighted by Crippen LogP contribution is -2.58. The number of nitrogens with one attached hydrogen (secondary N) is 1. The van der Waals surface area contributed by atoms with Crippen LogP contribution in [0.3, 0.4) is 0 Å². The average molecular weight is 599 g/mol. The fraction of sp³-hybridized carbons (Fsp3) is 0.630. The molecule has 0 aliphatic heterocycles. The number of unbranched alkanes of at least 4 members (excludes halogenated alkanes) is 1. The van der Waals surface area contributed by atoms with Crippen molar-refractivity contribution in [1.29, 1.82) is 0 Å². The minimum atomic E-state index is -0.964. The summed E-state index contributed by atoms with van der Waals surface area (Å²) < 4.78 is 7.14. The van der Waals surface area contributed by atoms with Gasteiger partial charge in [0.1, 0.15) is 18.0 Å². The highest BCUT2D eigenvalue weighted by atomic mass is 127. The van der Waals surface area contributed by atoms with Gasteiger partial charge < -0.3 is 25.2 Å². The van der Waals surface area contributed by atoms with E-state index in [0.717, 1.165) is 54.9 Å². The number of para-hydroxylation sites is 1. The summed E-state index contributed by atoms with van der Waals surface area (Å²) in [6.45, 7) is 2.06. The Morgan fingerprint density at radius 2 is 1.89 bits per heavy atom. The molecule has 1 aromatic carbocycles. The molecule has 0 heterocycles. The zero-order valence-corrected chi connectivity index (χ0v) is 22.8. The Hall–Kier alpha value is -1.65. The zero-order valence-electron chi connectivity index (χ0n) is 20.6. The molecule has 3 unspecified atom stereocenters. The van der Waals surface area contributed by atoms with E-state index in [9.17, 15) is 19.8 Å². The SMILES string of the molecule is CCCCC(=O)N(C1CCCCCC1)C1CC(C(=O)NCCO)=CC(Oc2ccccc2I)C1O. The number of hydrogen-bond donors (Lipinski definition) is 3. The maximum Gasteiger partial charge on any atom is 0.247 e. The van der Waals surface area contributed by atoms with Crippen molar-refractivity contribution in [3.8, 4) is 5.75 Å². The van der Waals surface area contributed by atoms with E-state index in [2.05, 4.69) is 34.8 Å². The maximum atomic E-state index is 13.5. The fourth-order valence-corrected chi connectivity index (χ4v) is 5.60. The molecule has 8 heteroatoms. The number of halogens is 1. The Morgan fingerprint density at radius 1 is 1.17 bits per heavy atom. The fourth-order valence-electron chi connectivity index (χ4n) is 5.09. The Balaban J connectivity index is 1.95. The molecule has 0 bridgehead atoms. The molecular formula is C27H39IN2O5. The zero-order chi connectivity index (χ0) is 25.2. The Morgan fingerprint density at radius 3 is 2.54 bits per heavy atom. The van der Waals surface area contributed by atoms with Gasteiger partial charge in [-0.15, -0.1) is 0 Å². The minimum absolute atomic E-state index is 0.0489. The molecule has 2 amide bonds. The Bertz CT molecular complexity index is 869. The van der Waals surface area contributed by atoms with Crippen LogP contribution < -0.4 is 10.1 Å². The summed E-state index contributed by atoms with van der Waals surface area (Å²) in [6.07, 6.45) is 8.64. The minimum Gasteiger partial charge on any atom is -0.482 e. The lowest BCUT2D eigenvalue weighted by Gasteiger charge is -2.44. The first-order chi connectivity index (χ1) is 17.0. The molecular weight excluding hydrogens is 559 g/mol. The van der Waals surface area contributed by atoms with Crippen LogP contribution in [-0.2, 0) is 9.59 Å². The normalized spacial score (nSPS) is 23.2. The van der Waals surface area contributed by atoms with Gasteiger partial charge in [-0.2, -0.15) is 0 Å². The van der Waals surface area contributed by atoms with E-state index in [0.29, 0.717) is 17.7 Å². The number of ether oxygens (including phenoxy) is 1. The van der Waals surface area contributed by atoms with Crippen LogP contribution in [0.1, 0.15) is 71.1 Å². The van der Waals surface area contributed by atoms with Crippen LogP contribution in [0.5, 0.6) is 5.75 Å². The first kappa shape index (κ1) is 27.9. The Kier molecular flexibility index (Phi) is 11.3. The van der Waals surface area contributed by atoms with Crippen LogP contribution in [0.2, 0.25) is 0 Å². The molecule has 1 aromatic rings. The first-order valence-corrected chi connectivity index (χ1v) is 14.0. The van der Waals surface area contributed by atoms with Crippen LogP contribution >= 0.6 is 22.6 Å². The van der Waals surface area contributed by atoms with E-state index in [4.69, 9.17) is 4.74 Å². The average Bonchev–Trinajstić information content (AvgIpc) is 3.14. The highest BCUT2D eigenvalue weighted by molar-refractivity contribution is 14.1. The van der Waals surface area contributed by atoms with Gasteiger partial charge >= 0.3 is 0 Å². The summed E-state index contributed by atoms with van der Waals surface area (Å²) in [5.74, 6) is 0.379. The third kappa shape index (κ3) is 7.67. The van der Waals surface area contributed by atoms with Gasteiger partial charge in [0, 0.05) is 31.0 Å². The molecule has 7 nitrogen and oxygen atoms in total. The Labute approximate surface area is 222 Å². The summed E-state index contributed by atoms with van der Waals surface area (Å²) in [5.41, 5.74) is 0.478. The number of nitrogens with zero attached hydrogens (tertiary/aromatic N) is 1. The van der Waals surface area contributed by atoms with E-state index in [1.807, 2.05) is 29.2 Å². The van der Waals surface area contributed by atoms with Crippen molar-refractivity contribution in [2.75, 3.05) is 13.2 Å². The van der Waals surface area contributed by atoms with E-state index >= 15 is 0 Å². The van der Waals surface area contributed by atoms with E-state index < -0.39 is 18.2 Å². The number of amides is 2. The molecule has 0 aromatic heterocycles. The highest BCUT2D eigenvalue weighted by Gasteiger charge is 2.42. The predicted octanol–water partition coefficient (Wildman–Crippen LogP) is 3.95. The van der Waals surface area contributed by atoms with Crippen LogP contribution in [0.25, 0.3) is 0 Å². The van der Waals surface area contributed by atoms with Crippen molar-refractivity contribution >= 4 is 34.4 Å². The number of benzene rings is 1. The summed E-state index contributed by atoms with van der Waals surface area (Å²) in [5, 5.41) is 23.5. The van der Waals surface area contributed by atoms with Crippen molar-refractivity contribution in [2.45, 2.75) is 95.4 Å². The van der Waals surface area contributed by atoms with Gasteiger partial charge in [-0.1, -0.05) is 51.2 Å². The lowest BCUT2D eigenvalue weighted by atomic mass is 9.86. The molecule has 3 atom stereocenters. The highest BCUT2D eigenvalue weighted by Crippen LogP contribution is 2.33. The molecule has 194 valence electrons. The molecule has 1 fully saturated rings. The maximum absolute atomic E-state index is 13.5. The van der Waals surface area contributed by atoms with Gasteiger partial charge in [-0.3, -0.25) is 9.59 Å². The number of carbonyl (C=O) groups excluding carboxylic acids is 2. The van der Waals surface area contributed by atoms with E-state index in [1.54, 1.807) is 6.08 Å². The van der Waals surface area contributed by atoms with Gasteiger partial charge in [0.2, 0.25) is 11.8 Å². The third-order valence-electron chi connectivity index (χ3n) is 6.92. The standard InChI is InChI=1S/C27H39IN2O5/c1-2-3-14-25(32)30(20-10-6-4-5-7-11-20)22-17-19(27(34)29-15-16-31)18-24(26(22)33)35-23-13-9-8-12-21(23)28/h8-9,12-13,18,20,22,24,26,31,33H,2-7,10-11,14-17H2,1H3,(H,29,34). The summed E-state index contributed by atoms with van der Waals surface area (Å²) in [7, 11) is 0. The smallest absolute Gasteiger partial charge is 0.247 e. The van der Waals surface area contributed by atoms with Gasteiger partial charge in [0.25, 0.3) is 0 Å². The van der Waals surface area contributed by atoms with Crippen LogP contribution in [0.15, 0.2) is 35.9 Å². The summed E-state index contributed by atoms with van der Waals surface area (Å²) >= 11 is 2.19. The second-order valence-corrected chi connectivity index (χ2v) is 10.7. The lowest BCUT2D eigenvalue weighted by molar-refractivity contribution is -0.142. The molecule has 2 aliphatic carbocycles. The van der Waals surface area contributed by atoms with Crippen molar-refractivity contribution in [3.05, 3.63) is 39.5 Å². The van der Waals surface area contributed by atoms with E-state index in [1.165, 1.54) is 0 Å². The van der Waals surface area contributed by atoms with Crippen LogP contribution in [0.4, 0.5) is 0 Å². The molecule has 1 saturated carbocycles. The number of aliphatic hydroxyl groups is 2. The second kappa shape index (κ2) is 14.2. The monoisotopic (exact) mass is 598 g/mol. The van der Waals surface area contributed by atoms with Crippen LogP contribution in [0, 0.1) is 3.57 Å². The molecule has 0 saturated heterocycles. The molecule has 2 aliphatic rings. The van der Waals surface area contributed by atoms with Gasteiger partial charge in [-0.05, 0) is 60.1 Å². The summed E-state index contributed by atoms with van der Waals surface area (Å²) in [4.78, 5) is 28.4. The topological polar surface area (TPSA) is 99.1 Å². The number of rotatable bonds is 10. The quantitative estimate of drug-likeness (QED) is 0.280. The molecule has 3 rings (SSSR count). The molecule has 0 spiro atoms. The summed E-state index contributed by atoms with van der Waals surface area (Å²) in [6, 6.07) is 7.06. The molecule has 35 heavy (non-hydrogen) atoms. The first-order valence-electron chi connectivity index (χ1n) is 13.0. The van der Waals surface area contributed by atoms with Crippen molar-refractivity contribution in [1.82, 2.24) is 10.2 Å². The van der Waals surface area contributed by atoms with E-state index in [-0.39, 0.29) is 37.4 Å². The van der Waals surface area contributed by atoms with Gasteiger partial charge in [-0.25, -0.2) is 0 Å². The molecule has 0 radical (unpaired) electrons. The third-order valence-corrected chi connectivity index (χ3v) is 7.81. The predicted molar refractivity (Wildman–Crippen MR) is 144 cm³/mol. The van der Waals surface area contributed by atoms with Crippen LogP contribution in [-0.4, -0.2) is 64.4 Å². The number of aliphatic hydroxyl groups excluding tert-OH is 2. The van der Waals surface area contributed by atoms with Gasteiger partial charge in [0.15, 0.2) is 0 Å².